The van der Waals surface area contributed by atoms with Gasteiger partial charge in [-0.1, -0.05) is 6.07 Å². The summed E-state index contributed by atoms with van der Waals surface area (Å²) in [4.78, 5) is 13.7. The first kappa shape index (κ1) is 24.2. The number of benzene rings is 2. The van der Waals surface area contributed by atoms with Crippen LogP contribution in [-0.2, 0) is 13.0 Å². The van der Waals surface area contributed by atoms with Crippen LogP contribution < -0.4 is 15.4 Å². The van der Waals surface area contributed by atoms with Gasteiger partial charge in [0.25, 0.3) is 0 Å². The van der Waals surface area contributed by atoms with Crippen LogP contribution in [0.15, 0.2) is 59.9 Å². The highest BCUT2D eigenvalue weighted by atomic mass is 32.2. The predicted molar refractivity (Wildman–Crippen MR) is 140 cm³/mol. The van der Waals surface area contributed by atoms with E-state index in [4.69, 9.17) is 0 Å². The molecule has 38 heavy (non-hydrogen) atoms. The van der Waals surface area contributed by atoms with Crippen molar-refractivity contribution in [2.24, 2.45) is 0 Å². The molecule has 0 spiro atoms. The quantitative estimate of drug-likeness (QED) is 0.248. The van der Waals surface area contributed by atoms with Gasteiger partial charge in [0.05, 0.1) is 23.1 Å². The summed E-state index contributed by atoms with van der Waals surface area (Å²) in [5.74, 6) is -1.36. The second-order valence-electron chi connectivity index (χ2n) is 8.69. The monoisotopic (exact) mass is 534 g/mol. The highest BCUT2D eigenvalue weighted by Crippen LogP contribution is 2.33. The topological polar surface area (TPSA) is 92.6 Å². The van der Waals surface area contributed by atoms with Crippen molar-refractivity contribution < 1.29 is 13.2 Å². The van der Waals surface area contributed by atoms with Crippen molar-refractivity contribution in [3.8, 4) is 5.82 Å². The van der Waals surface area contributed by atoms with Crippen molar-refractivity contribution >= 4 is 40.2 Å². The summed E-state index contributed by atoms with van der Waals surface area (Å²) in [7, 11) is 0. The van der Waals surface area contributed by atoms with Crippen LogP contribution in [-0.4, -0.2) is 31.3 Å². The van der Waals surface area contributed by atoms with Crippen LogP contribution in [0.2, 0.25) is 0 Å². The Morgan fingerprint density at radius 1 is 1.03 bits per heavy atom. The molecule has 1 aliphatic heterocycles. The van der Waals surface area contributed by atoms with Crippen LogP contribution >= 0.6 is 11.9 Å². The lowest BCUT2D eigenvalue weighted by molar-refractivity contribution is 0.593. The molecule has 3 aromatic heterocycles. The lowest BCUT2D eigenvalue weighted by atomic mass is 10.1. The number of halogens is 3. The zero-order chi connectivity index (χ0) is 26.2. The number of anilines is 3. The first-order valence-electron chi connectivity index (χ1n) is 11.8. The molecule has 0 unspecified atom stereocenters. The smallest absolute Gasteiger partial charge is 0.173 e. The fourth-order valence-corrected chi connectivity index (χ4v) is 5.02. The van der Waals surface area contributed by atoms with Crippen LogP contribution in [0.25, 0.3) is 16.9 Å². The van der Waals surface area contributed by atoms with E-state index in [0.717, 1.165) is 42.2 Å². The van der Waals surface area contributed by atoms with Gasteiger partial charge in [0, 0.05) is 17.0 Å². The van der Waals surface area contributed by atoms with Crippen molar-refractivity contribution in [2.75, 3.05) is 16.6 Å². The van der Waals surface area contributed by atoms with Gasteiger partial charge in [-0.3, -0.25) is 0 Å². The number of pyridine rings is 1. The molecular formula is C26H21F3N8S. The van der Waals surface area contributed by atoms with Crippen LogP contribution in [0.1, 0.15) is 16.8 Å². The van der Waals surface area contributed by atoms with Gasteiger partial charge in [0.15, 0.2) is 17.5 Å². The first-order chi connectivity index (χ1) is 18.5. The van der Waals surface area contributed by atoms with E-state index in [1.165, 1.54) is 18.5 Å². The van der Waals surface area contributed by atoms with Gasteiger partial charge < -0.3 is 15.4 Å². The lowest BCUT2D eigenvalue weighted by Gasteiger charge is -2.16. The van der Waals surface area contributed by atoms with E-state index in [1.807, 2.05) is 6.20 Å². The first-order valence-corrected chi connectivity index (χ1v) is 12.6. The lowest BCUT2D eigenvalue weighted by Crippen LogP contribution is -2.25. The Morgan fingerprint density at radius 3 is 2.82 bits per heavy atom. The zero-order valence-corrected chi connectivity index (χ0v) is 20.9. The number of nitrogens with zero attached hydrogens (tertiary/aromatic N) is 5. The molecule has 192 valence electrons. The van der Waals surface area contributed by atoms with E-state index in [-0.39, 0.29) is 17.3 Å². The molecule has 0 aliphatic carbocycles. The van der Waals surface area contributed by atoms with E-state index < -0.39 is 17.3 Å². The Balaban J connectivity index is 1.33. The molecule has 0 fully saturated rings. The molecule has 0 bridgehead atoms. The van der Waals surface area contributed by atoms with Gasteiger partial charge in [-0.2, -0.15) is 5.10 Å². The normalized spacial score (nSPS) is 12.9. The number of nitrogens with one attached hydrogen (secondary N) is 3. The maximum atomic E-state index is 15.5. The molecule has 5 aromatic rings. The average Bonchev–Trinajstić information content (AvgIpc) is 3.37. The van der Waals surface area contributed by atoms with Crippen LogP contribution in [0, 0.1) is 24.4 Å². The summed E-state index contributed by atoms with van der Waals surface area (Å²) in [6.45, 7) is 3.18. The highest BCUT2D eigenvalue weighted by molar-refractivity contribution is 8.00. The zero-order valence-electron chi connectivity index (χ0n) is 20.1. The number of aromatic nitrogens is 5. The maximum absolute atomic E-state index is 15.5. The molecule has 8 nitrogen and oxygen atoms in total. The number of rotatable bonds is 6. The Labute approximate surface area is 219 Å². The summed E-state index contributed by atoms with van der Waals surface area (Å²) in [6, 6.07) is 10.6. The SMILES string of the molecule is Cc1c(F)cccc1SNc1ccc(F)c(Nc2ncnc3ccc(-n4ncc5c4CNCC5)nc23)c1F. The molecule has 2 aromatic carbocycles. The van der Waals surface area contributed by atoms with Crippen molar-refractivity contribution in [1.82, 2.24) is 30.0 Å². The van der Waals surface area contributed by atoms with Crippen molar-refractivity contribution in [1.29, 1.82) is 0 Å². The van der Waals surface area contributed by atoms with Crippen LogP contribution in [0.5, 0.6) is 0 Å². The predicted octanol–water partition coefficient (Wildman–Crippen LogP) is 5.44. The Morgan fingerprint density at radius 2 is 1.92 bits per heavy atom. The molecule has 4 heterocycles. The van der Waals surface area contributed by atoms with E-state index >= 15 is 4.39 Å². The van der Waals surface area contributed by atoms with E-state index in [9.17, 15) is 8.78 Å². The molecule has 12 heteroatoms. The summed E-state index contributed by atoms with van der Waals surface area (Å²) >= 11 is 1.03. The van der Waals surface area contributed by atoms with Gasteiger partial charge in [0.2, 0.25) is 0 Å². The van der Waals surface area contributed by atoms with Gasteiger partial charge in [-0.25, -0.2) is 32.8 Å². The molecule has 0 radical (unpaired) electrons. The minimum atomic E-state index is -0.860. The van der Waals surface area contributed by atoms with Gasteiger partial charge in [-0.05, 0) is 73.8 Å². The molecular weight excluding hydrogens is 513 g/mol. The fraction of sp³-hybridized carbons (Fsp3) is 0.154. The molecule has 0 saturated heterocycles. The van der Waals surface area contributed by atoms with Gasteiger partial charge >= 0.3 is 0 Å². The molecule has 0 atom stereocenters. The van der Waals surface area contributed by atoms with Crippen molar-refractivity contribution in [3.05, 3.63) is 89.3 Å². The number of fused-ring (bicyclic) bond motifs is 2. The van der Waals surface area contributed by atoms with Gasteiger partial charge in [0.1, 0.15) is 29.2 Å². The van der Waals surface area contributed by atoms with E-state index in [1.54, 1.807) is 35.9 Å². The third-order valence-corrected chi connectivity index (χ3v) is 7.31. The maximum Gasteiger partial charge on any atom is 0.173 e. The largest absolute Gasteiger partial charge is 0.333 e. The second-order valence-corrected chi connectivity index (χ2v) is 9.54. The number of hydrogen-bond donors (Lipinski definition) is 3. The van der Waals surface area contributed by atoms with Crippen LogP contribution in [0.4, 0.5) is 30.4 Å². The third kappa shape index (κ3) is 4.41. The second kappa shape index (κ2) is 9.95. The Bertz CT molecular complexity index is 1670. The van der Waals surface area contributed by atoms with Gasteiger partial charge in [-0.15, -0.1) is 0 Å². The summed E-state index contributed by atoms with van der Waals surface area (Å²) in [6.07, 6.45) is 4.00. The highest BCUT2D eigenvalue weighted by Gasteiger charge is 2.19. The van der Waals surface area contributed by atoms with Crippen molar-refractivity contribution in [3.63, 3.8) is 0 Å². The summed E-state index contributed by atoms with van der Waals surface area (Å²) in [5.41, 5.74) is 3.03. The number of hydrogen-bond acceptors (Lipinski definition) is 8. The molecule has 1 aliphatic rings. The van der Waals surface area contributed by atoms with Crippen LogP contribution in [0.3, 0.4) is 0 Å². The van der Waals surface area contributed by atoms with Crippen molar-refractivity contribution in [2.45, 2.75) is 24.8 Å². The fourth-order valence-electron chi connectivity index (χ4n) is 4.24. The molecule has 0 saturated carbocycles. The molecule has 6 rings (SSSR count). The molecule has 3 N–H and O–H groups in total. The Kier molecular flexibility index (Phi) is 6.34. The Hall–Kier alpha value is -4.16. The molecule has 0 amide bonds. The third-order valence-electron chi connectivity index (χ3n) is 6.33. The van der Waals surface area contributed by atoms with E-state index in [0.29, 0.717) is 33.9 Å². The average molecular weight is 535 g/mol. The minimum Gasteiger partial charge on any atom is -0.333 e. The van der Waals surface area contributed by atoms with E-state index in [2.05, 4.69) is 35.4 Å². The summed E-state index contributed by atoms with van der Waals surface area (Å²) < 4.78 is 48.7. The standard InChI is InChI=1S/C26H21F3N8S/c1-14-16(27)3-2-4-21(14)38-36-18-6-5-17(28)24(23(18)29)35-26-25-19(31-13-32-26)7-8-22(34-25)37-20-12-30-10-9-15(20)11-33-37/h2-8,11,13,30,36H,9-10,12H2,1H3,(H,31,32,35). The minimum absolute atomic E-state index is 0.0187. The summed E-state index contributed by atoms with van der Waals surface area (Å²) in [5, 5.41) is 10.6.